The summed E-state index contributed by atoms with van der Waals surface area (Å²) in [5.41, 5.74) is 2.49. The number of H-pyrrole nitrogens is 1. The Hall–Kier alpha value is -3.22. The number of nitrogens with zero attached hydrogens (tertiary/aromatic N) is 3. The Morgan fingerprint density at radius 1 is 1.20 bits per heavy atom. The van der Waals surface area contributed by atoms with Gasteiger partial charge in [0.25, 0.3) is 0 Å². The van der Waals surface area contributed by atoms with Gasteiger partial charge in [0.05, 0.1) is 6.61 Å². The molecule has 1 aromatic heterocycles. The fourth-order valence-electron chi connectivity index (χ4n) is 3.87. The number of rotatable bonds is 6. The highest BCUT2D eigenvalue weighted by atomic mass is 19.1. The van der Waals surface area contributed by atoms with Gasteiger partial charge in [-0.15, -0.1) is 5.11 Å². The third-order valence-electron chi connectivity index (χ3n) is 5.44. The first-order valence-corrected chi connectivity index (χ1v) is 10.3. The van der Waals surface area contributed by atoms with E-state index in [1.807, 2.05) is 11.1 Å². The summed E-state index contributed by atoms with van der Waals surface area (Å²) in [7, 11) is 0. The van der Waals surface area contributed by atoms with Crippen LogP contribution in [-0.4, -0.2) is 35.7 Å². The molecular formula is C23H25FN4O2. The zero-order chi connectivity index (χ0) is 20.9. The molecule has 7 heteroatoms. The Labute approximate surface area is 174 Å². The number of hydrogen-bond donors (Lipinski definition) is 1. The summed E-state index contributed by atoms with van der Waals surface area (Å²) in [6.07, 6.45) is 3.13. The SMILES string of the molecule is CCOC(=O)c1[nH]c2ccc(F)cc2c1N=NN1CCC(Cc2ccccc2)CC1. The molecule has 1 saturated heterocycles. The van der Waals surface area contributed by atoms with Crippen LogP contribution in [0.3, 0.4) is 0 Å². The van der Waals surface area contributed by atoms with Crippen molar-refractivity contribution in [1.82, 2.24) is 9.99 Å². The van der Waals surface area contributed by atoms with Gasteiger partial charge in [-0.2, -0.15) is 0 Å². The van der Waals surface area contributed by atoms with Crippen molar-refractivity contribution < 1.29 is 13.9 Å². The van der Waals surface area contributed by atoms with Crippen molar-refractivity contribution in [3.63, 3.8) is 0 Å². The lowest BCUT2D eigenvalue weighted by molar-refractivity contribution is 0.0521. The van der Waals surface area contributed by atoms with Crippen LogP contribution >= 0.6 is 0 Å². The summed E-state index contributed by atoms with van der Waals surface area (Å²) in [6.45, 7) is 3.58. The zero-order valence-corrected chi connectivity index (χ0v) is 17.0. The van der Waals surface area contributed by atoms with Gasteiger partial charge >= 0.3 is 5.97 Å². The molecule has 1 aliphatic heterocycles. The van der Waals surface area contributed by atoms with E-state index < -0.39 is 11.8 Å². The van der Waals surface area contributed by atoms with Crippen LogP contribution in [0.5, 0.6) is 0 Å². The number of ether oxygens (including phenoxy) is 1. The summed E-state index contributed by atoms with van der Waals surface area (Å²) in [6, 6.07) is 14.8. The number of aromatic nitrogens is 1. The minimum absolute atomic E-state index is 0.195. The lowest BCUT2D eigenvalue weighted by Crippen LogP contribution is -2.30. The quantitative estimate of drug-likeness (QED) is 0.436. The Bertz CT molecular complexity index is 1040. The maximum absolute atomic E-state index is 13.8. The fraction of sp³-hybridized carbons (Fsp3) is 0.348. The van der Waals surface area contributed by atoms with Crippen molar-refractivity contribution in [3.05, 3.63) is 65.6 Å². The van der Waals surface area contributed by atoms with Crippen LogP contribution in [0.4, 0.5) is 10.1 Å². The van der Waals surface area contributed by atoms with Gasteiger partial charge in [0, 0.05) is 24.0 Å². The number of halogens is 1. The lowest BCUT2D eigenvalue weighted by atomic mass is 9.91. The predicted molar refractivity (Wildman–Crippen MR) is 113 cm³/mol. The molecule has 1 fully saturated rings. The number of hydrogen-bond acceptors (Lipinski definition) is 4. The predicted octanol–water partition coefficient (Wildman–Crippen LogP) is 5.44. The molecule has 0 atom stereocenters. The minimum atomic E-state index is -0.523. The largest absolute Gasteiger partial charge is 0.461 e. The van der Waals surface area contributed by atoms with Gasteiger partial charge in [-0.1, -0.05) is 35.6 Å². The number of esters is 1. The van der Waals surface area contributed by atoms with Crippen molar-refractivity contribution in [3.8, 4) is 0 Å². The van der Waals surface area contributed by atoms with Crippen LogP contribution in [0.25, 0.3) is 10.9 Å². The maximum Gasteiger partial charge on any atom is 0.357 e. The van der Waals surface area contributed by atoms with Crippen LogP contribution in [0, 0.1) is 11.7 Å². The Morgan fingerprint density at radius 3 is 2.70 bits per heavy atom. The molecule has 3 aromatic rings. The van der Waals surface area contributed by atoms with Gasteiger partial charge < -0.3 is 9.72 Å². The molecule has 1 N–H and O–H groups in total. The highest BCUT2D eigenvalue weighted by Gasteiger charge is 2.21. The van der Waals surface area contributed by atoms with Gasteiger partial charge in [0.1, 0.15) is 11.5 Å². The number of carbonyl (C=O) groups is 1. The van der Waals surface area contributed by atoms with Crippen LogP contribution in [0.15, 0.2) is 58.9 Å². The van der Waals surface area contributed by atoms with Gasteiger partial charge in [-0.3, -0.25) is 5.01 Å². The van der Waals surface area contributed by atoms with Crippen molar-refractivity contribution in [2.75, 3.05) is 19.7 Å². The molecule has 0 aliphatic carbocycles. The average molecular weight is 408 g/mol. The second-order valence-corrected chi connectivity index (χ2v) is 7.54. The van der Waals surface area contributed by atoms with Crippen molar-refractivity contribution >= 4 is 22.6 Å². The third kappa shape index (κ3) is 4.50. The van der Waals surface area contributed by atoms with E-state index in [0.29, 0.717) is 22.5 Å². The van der Waals surface area contributed by atoms with Crippen LogP contribution < -0.4 is 0 Å². The third-order valence-corrected chi connectivity index (χ3v) is 5.44. The molecule has 30 heavy (non-hydrogen) atoms. The average Bonchev–Trinajstić information content (AvgIpc) is 3.12. The summed E-state index contributed by atoms with van der Waals surface area (Å²) >= 11 is 0. The number of benzene rings is 2. The maximum atomic E-state index is 13.8. The molecule has 156 valence electrons. The van der Waals surface area contributed by atoms with E-state index >= 15 is 0 Å². The number of piperidine rings is 1. The Kier molecular flexibility index (Phi) is 6.07. The highest BCUT2D eigenvalue weighted by Crippen LogP contribution is 2.32. The second-order valence-electron chi connectivity index (χ2n) is 7.54. The first kappa shape index (κ1) is 20.1. The van der Waals surface area contributed by atoms with Crippen LogP contribution in [-0.2, 0) is 11.2 Å². The van der Waals surface area contributed by atoms with E-state index in [0.717, 1.165) is 32.4 Å². The monoisotopic (exact) mass is 408 g/mol. The molecule has 2 aromatic carbocycles. The molecule has 0 saturated carbocycles. The minimum Gasteiger partial charge on any atom is -0.461 e. The normalized spacial score (nSPS) is 15.2. The van der Waals surface area contributed by atoms with Crippen LogP contribution in [0.2, 0.25) is 0 Å². The molecule has 0 amide bonds. The Balaban J connectivity index is 1.48. The van der Waals surface area contributed by atoms with E-state index in [1.54, 1.807) is 13.0 Å². The van der Waals surface area contributed by atoms with E-state index in [4.69, 9.17) is 4.74 Å². The summed E-state index contributed by atoms with van der Waals surface area (Å²) in [5.74, 6) is -0.296. The van der Waals surface area contributed by atoms with E-state index in [-0.39, 0.29) is 12.3 Å². The molecule has 4 rings (SSSR count). The Morgan fingerprint density at radius 2 is 1.97 bits per heavy atom. The number of fused-ring (bicyclic) bond motifs is 1. The van der Waals surface area contributed by atoms with Crippen molar-refractivity contribution in [1.29, 1.82) is 0 Å². The fourth-order valence-corrected chi connectivity index (χ4v) is 3.87. The molecular weight excluding hydrogens is 383 g/mol. The lowest BCUT2D eigenvalue weighted by Gasteiger charge is -2.29. The molecule has 0 unspecified atom stereocenters. The standard InChI is InChI=1S/C23H25FN4O2/c1-2-30-23(29)22-21(19-15-18(24)8-9-20(19)25-22)26-27-28-12-10-17(11-13-28)14-16-6-4-3-5-7-16/h3-9,15,17,25H,2,10-14H2,1H3. The second kappa shape index (κ2) is 9.07. The van der Waals surface area contributed by atoms with E-state index in [9.17, 15) is 9.18 Å². The first-order valence-electron chi connectivity index (χ1n) is 10.3. The molecule has 2 heterocycles. The molecule has 0 bridgehead atoms. The van der Waals surface area contributed by atoms with E-state index in [2.05, 4.69) is 39.6 Å². The molecule has 6 nitrogen and oxygen atoms in total. The number of aromatic amines is 1. The van der Waals surface area contributed by atoms with Gasteiger partial charge in [0.2, 0.25) is 0 Å². The first-order chi connectivity index (χ1) is 14.6. The van der Waals surface area contributed by atoms with E-state index in [1.165, 1.54) is 17.7 Å². The van der Waals surface area contributed by atoms with Crippen LogP contribution in [0.1, 0.15) is 35.8 Å². The van der Waals surface area contributed by atoms with Crippen molar-refractivity contribution in [2.24, 2.45) is 16.3 Å². The highest BCUT2D eigenvalue weighted by molar-refractivity contribution is 6.04. The zero-order valence-electron chi connectivity index (χ0n) is 17.0. The molecule has 0 spiro atoms. The summed E-state index contributed by atoms with van der Waals surface area (Å²) in [5, 5.41) is 11.1. The summed E-state index contributed by atoms with van der Waals surface area (Å²) in [4.78, 5) is 15.3. The molecule has 1 aliphatic rings. The smallest absolute Gasteiger partial charge is 0.357 e. The van der Waals surface area contributed by atoms with Gasteiger partial charge in [-0.25, -0.2) is 9.18 Å². The topological polar surface area (TPSA) is 70.0 Å². The number of nitrogens with one attached hydrogen (secondary N) is 1. The molecule has 0 radical (unpaired) electrons. The van der Waals surface area contributed by atoms with Gasteiger partial charge in [0.15, 0.2) is 5.69 Å². The summed E-state index contributed by atoms with van der Waals surface area (Å²) < 4.78 is 18.9. The van der Waals surface area contributed by atoms with Gasteiger partial charge in [-0.05, 0) is 55.9 Å². The number of carbonyl (C=O) groups excluding carboxylic acids is 1. The van der Waals surface area contributed by atoms with Crippen molar-refractivity contribution in [2.45, 2.75) is 26.2 Å².